The van der Waals surface area contributed by atoms with E-state index >= 15 is 0 Å². The minimum absolute atomic E-state index is 0.0965. The second-order valence-corrected chi connectivity index (χ2v) is 4.88. The van der Waals surface area contributed by atoms with E-state index in [0.717, 1.165) is 5.56 Å². The maximum Gasteiger partial charge on any atom is 0.296 e. The van der Waals surface area contributed by atoms with Crippen molar-refractivity contribution < 1.29 is 12.6 Å². The lowest BCUT2D eigenvalue weighted by molar-refractivity contribution is 0.341. The van der Waals surface area contributed by atoms with Crippen LogP contribution in [-0.4, -0.2) is 20.8 Å². The number of thiol groups is 1. The predicted molar refractivity (Wildman–Crippen MR) is 58.2 cm³/mol. The van der Waals surface area contributed by atoms with Crippen LogP contribution in [0.1, 0.15) is 5.56 Å². The zero-order chi connectivity index (χ0) is 10.6. The summed E-state index contributed by atoms with van der Waals surface area (Å²) in [5.74, 6) is 0.380. The highest BCUT2D eigenvalue weighted by atomic mass is 32.2. The van der Waals surface area contributed by atoms with Crippen LogP contribution in [-0.2, 0) is 14.3 Å². The molecule has 0 radical (unpaired) electrons. The molecule has 1 rings (SSSR count). The fraction of sp³-hybridized carbons (Fsp3) is 0.333. The molecule has 14 heavy (non-hydrogen) atoms. The molecule has 78 valence electrons. The Balaban J connectivity index is 2.87. The molecule has 0 N–H and O–H groups in total. The molecule has 5 heteroatoms. The summed E-state index contributed by atoms with van der Waals surface area (Å²) in [7, 11) is -3.59. The van der Waals surface area contributed by atoms with Crippen molar-refractivity contribution in [2.24, 2.45) is 0 Å². The van der Waals surface area contributed by atoms with Crippen molar-refractivity contribution in [1.82, 2.24) is 0 Å². The van der Waals surface area contributed by atoms with Crippen LogP contribution in [0.5, 0.6) is 0 Å². The van der Waals surface area contributed by atoms with Gasteiger partial charge in [-0.05, 0) is 19.1 Å². The molecule has 3 nitrogen and oxygen atoms in total. The highest BCUT2D eigenvalue weighted by Crippen LogP contribution is 2.12. The first-order chi connectivity index (χ1) is 6.56. The molecule has 0 heterocycles. The summed E-state index contributed by atoms with van der Waals surface area (Å²) >= 11 is 3.87. The molecule has 0 aromatic heterocycles. The molecule has 1 aromatic rings. The Bertz CT molecular complexity index is 381. The normalized spacial score (nSPS) is 11.6. The summed E-state index contributed by atoms with van der Waals surface area (Å²) in [5.41, 5.74) is 1.01. The molecular weight excluding hydrogens is 220 g/mol. The van der Waals surface area contributed by atoms with Crippen LogP contribution >= 0.6 is 12.6 Å². The quantitative estimate of drug-likeness (QED) is 0.634. The molecule has 0 saturated carbocycles. The molecule has 0 bridgehead atoms. The first-order valence-electron chi connectivity index (χ1n) is 4.13. The van der Waals surface area contributed by atoms with Gasteiger partial charge in [0.25, 0.3) is 10.1 Å². The summed E-state index contributed by atoms with van der Waals surface area (Å²) < 4.78 is 27.6. The summed E-state index contributed by atoms with van der Waals surface area (Å²) in [6.07, 6.45) is 0. The fourth-order valence-electron chi connectivity index (χ4n) is 0.920. The maximum atomic E-state index is 11.4. The van der Waals surface area contributed by atoms with E-state index < -0.39 is 10.1 Å². The molecular formula is C9H12O3S2. The number of aryl methyl sites for hydroxylation is 1. The molecule has 0 spiro atoms. The van der Waals surface area contributed by atoms with E-state index in [0.29, 0.717) is 5.75 Å². The highest BCUT2D eigenvalue weighted by molar-refractivity contribution is 7.86. The first kappa shape index (κ1) is 11.6. The van der Waals surface area contributed by atoms with E-state index in [1.807, 2.05) is 6.92 Å². The van der Waals surface area contributed by atoms with Crippen molar-refractivity contribution in [1.29, 1.82) is 0 Å². The first-order valence-corrected chi connectivity index (χ1v) is 6.17. The Morgan fingerprint density at radius 3 is 2.36 bits per heavy atom. The van der Waals surface area contributed by atoms with Gasteiger partial charge in [-0.25, -0.2) is 0 Å². The molecule has 0 aliphatic rings. The summed E-state index contributed by atoms with van der Waals surface area (Å²) in [6, 6.07) is 6.53. The van der Waals surface area contributed by atoms with Gasteiger partial charge in [0.15, 0.2) is 0 Å². The molecule has 0 amide bonds. The van der Waals surface area contributed by atoms with E-state index in [-0.39, 0.29) is 11.5 Å². The lowest BCUT2D eigenvalue weighted by Gasteiger charge is -2.03. The van der Waals surface area contributed by atoms with Crippen molar-refractivity contribution in [3.8, 4) is 0 Å². The molecule has 0 aliphatic heterocycles. The standard InChI is InChI=1S/C9H12O3S2/c1-8-2-4-9(5-3-8)14(10,11)12-6-7-13/h2-5,13H,6-7H2,1H3. The van der Waals surface area contributed by atoms with E-state index in [1.54, 1.807) is 12.1 Å². The van der Waals surface area contributed by atoms with Gasteiger partial charge < -0.3 is 0 Å². The third-order valence-electron chi connectivity index (χ3n) is 1.64. The minimum atomic E-state index is -3.59. The van der Waals surface area contributed by atoms with Crippen LogP contribution in [0, 0.1) is 6.92 Å². The third kappa shape index (κ3) is 3.01. The van der Waals surface area contributed by atoms with Crippen LogP contribution in [0.15, 0.2) is 29.2 Å². The zero-order valence-corrected chi connectivity index (χ0v) is 9.51. The lowest BCUT2D eigenvalue weighted by Crippen LogP contribution is -2.08. The van der Waals surface area contributed by atoms with Gasteiger partial charge in [-0.2, -0.15) is 21.0 Å². The average molecular weight is 232 g/mol. The summed E-state index contributed by atoms with van der Waals surface area (Å²) in [5, 5.41) is 0. The largest absolute Gasteiger partial charge is 0.296 e. The van der Waals surface area contributed by atoms with Gasteiger partial charge in [0.1, 0.15) is 0 Å². The Hall–Kier alpha value is -0.520. The van der Waals surface area contributed by atoms with Crippen LogP contribution in [0.25, 0.3) is 0 Å². The number of rotatable bonds is 4. The minimum Gasteiger partial charge on any atom is -0.266 e. The van der Waals surface area contributed by atoms with Crippen molar-refractivity contribution in [3.63, 3.8) is 0 Å². The topological polar surface area (TPSA) is 43.4 Å². The van der Waals surface area contributed by atoms with Gasteiger partial charge in [0.05, 0.1) is 11.5 Å². The number of benzene rings is 1. The molecule has 0 aliphatic carbocycles. The number of hydrogen-bond donors (Lipinski definition) is 1. The van der Waals surface area contributed by atoms with Gasteiger partial charge in [0.2, 0.25) is 0 Å². The van der Waals surface area contributed by atoms with Crippen LogP contribution in [0.2, 0.25) is 0 Å². The fourth-order valence-corrected chi connectivity index (χ4v) is 2.04. The number of hydrogen-bond acceptors (Lipinski definition) is 4. The maximum absolute atomic E-state index is 11.4. The lowest BCUT2D eigenvalue weighted by atomic mass is 10.2. The van der Waals surface area contributed by atoms with Gasteiger partial charge in [-0.3, -0.25) is 4.18 Å². The molecule has 0 saturated heterocycles. The van der Waals surface area contributed by atoms with Gasteiger partial charge in [0, 0.05) is 5.75 Å². The molecule has 1 aromatic carbocycles. The summed E-state index contributed by atoms with van der Waals surface area (Å²) in [6.45, 7) is 1.99. The molecule has 0 unspecified atom stereocenters. The van der Waals surface area contributed by atoms with Crippen LogP contribution < -0.4 is 0 Å². The highest BCUT2D eigenvalue weighted by Gasteiger charge is 2.13. The summed E-state index contributed by atoms with van der Waals surface area (Å²) in [4.78, 5) is 0.185. The van der Waals surface area contributed by atoms with Gasteiger partial charge in [-0.15, -0.1) is 0 Å². The van der Waals surface area contributed by atoms with E-state index in [9.17, 15) is 8.42 Å². The van der Waals surface area contributed by atoms with Gasteiger partial charge in [-0.1, -0.05) is 17.7 Å². The third-order valence-corrected chi connectivity index (χ3v) is 3.15. The van der Waals surface area contributed by atoms with Gasteiger partial charge >= 0.3 is 0 Å². The van der Waals surface area contributed by atoms with E-state index in [1.165, 1.54) is 12.1 Å². The van der Waals surface area contributed by atoms with Crippen LogP contribution in [0.3, 0.4) is 0 Å². The van der Waals surface area contributed by atoms with Crippen molar-refractivity contribution in [2.75, 3.05) is 12.4 Å². The zero-order valence-electron chi connectivity index (χ0n) is 7.80. The average Bonchev–Trinajstić information content (AvgIpc) is 2.16. The second-order valence-electron chi connectivity index (χ2n) is 2.81. The Labute approximate surface area is 89.6 Å². The Morgan fingerprint density at radius 1 is 1.29 bits per heavy atom. The van der Waals surface area contributed by atoms with Crippen molar-refractivity contribution in [3.05, 3.63) is 29.8 Å². The predicted octanol–water partition coefficient (Wildman–Crippen LogP) is 1.63. The van der Waals surface area contributed by atoms with Crippen LogP contribution in [0.4, 0.5) is 0 Å². The molecule has 0 atom stereocenters. The SMILES string of the molecule is Cc1ccc(S(=O)(=O)OCCS)cc1. The monoisotopic (exact) mass is 232 g/mol. The van der Waals surface area contributed by atoms with Crippen molar-refractivity contribution >= 4 is 22.7 Å². The smallest absolute Gasteiger partial charge is 0.266 e. The molecule has 0 fully saturated rings. The van der Waals surface area contributed by atoms with E-state index in [2.05, 4.69) is 12.6 Å². The Morgan fingerprint density at radius 2 is 1.86 bits per heavy atom. The second kappa shape index (κ2) is 4.82. The van der Waals surface area contributed by atoms with E-state index in [4.69, 9.17) is 4.18 Å². The Kier molecular flexibility index (Phi) is 3.97. The van der Waals surface area contributed by atoms with Crippen molar-refractivity contribution in [2.45, 2.75) is 11.8 Å².